The Balaban J connectivity index is 1.73. The zero-order chi connectivity index (χ0) is 26.1. The van der Waals surface area contributed by atoms with Crippen LogP contribution in [0.25, 0.3) is 5.69 Å². The molecule has 37 heavy (non-hydrogen) atoms. The lowest BCUT2D eigenvalue weighted by Gasteiger charge is -2.35. The van der Waals surface area contributed by atoms with Gasteiger partial charge in [-0.3, -0.25) is 14.5 Å². The number of carbonyl (C=O) groups is 2. The number of amides is 2. The van der Waals surface area contributed by atoms with Crippen LogP contribution in [0.5, 0.6) is 5.75 Å². The fourth-order valence-corrected chi connectivity index (χ4v) is 5.85. The van der Waals surface area contributed by atoms with E-state index < -0.39 is 11.4 Å². The van der Waals surface area contributed by atoms with Crippen molar-refractivity contribution in [1.82, 2.24) is 9.78 Å². The highest BCUT2D eigenvalue weighted by molar-refractivity contribution is 6.32. The number of halogens is 2. The molecular formula is C28H22Cl2N4O3. The fourth-order valence-electron chi connectivity index (χ4n) is 5.50. The lowest BCUT2D eigenvalue weighted by Crippen LogP contribution is -2.50. The van der Waals surface area contributed by atoms with Gasteiger partial charge in [-0.2, -0.15) is 5.10 Å². The molecule has 2 amide bonds. The van der Waals surface area contributed by atoms with Crippen molar-refractivity contribution >= 4 is 46.4 Å². The van der Waals surface area contributed by atoms with Crippen molar-refractivity contribution < 1.29 is 14.3 Å². The maximum Gasteiger partial charge on any atom is 0.280 e. The molecule has 0 saturated carbocycles. The van der Waals surface area contributed by atoms with Gasteiger partial charge in [0.1, 0.15) is 11.4 Å². The number of aromatic nitrogens is 2. The molecule has 0 bridgehead atoms. The molecule has 7 nitrogen and oxygen atoms in total. The van der Waals surface area contributed by atoms with E-state index >= 15 is 0 Å². The average Bonchev–Trinajstić information content (AvgIpc) is 3.48. The molecule has 2 aliphatic rings. The number of benzene rings is 3. The quantitative estimate of drug-likeness (QED) is 0.341. The maximum atomic E-state index is 14.2. The van der Waals surface area contributed by atoms with E-state index in [2.05, 4.69) is 5.32 Å². The van der Waals surface area contributed by atoms with Gasteiger partial charge in [-0.15, -0.1) is 0 Å². The van der Waals surface area contributed by atoms with Gasteiger partial charge in [0.25, 0.3) is 11.8 Å². The van der Waals surface area contributed by atoms with Gasteiger partial charge in [-0.25, -0.2) is 4.68 Å². The monoisotopic (exact) mass is 532 g/mol. The first-order chi connectivity index (χ1) is 17.8. The SMILES string of the molecule is COc1ccccc1-n1nc2c(c1C(C)C)C1(C(=O)Nc3cc(Cl)ccc31)N(c1cccc(Cl)c1)C2=O. The molecule has 1 spiro atoms. The first kappa shape index (κ1) is 23.6. The van der Waals surface area contributed by atoms with Gasteiger partial charge in [0.05, 0.1) is 12.8 Å². The Morgan fingerprint density at radius 1 is 0.973 bits per heavy atom. The molecule has 0 saturated heterocycles. The third kappa shape index (κ3) is 3.17. The van der Waals surface area contributed by atoms with Crippen LogP contribution in [0.15, 0.2) is 66.7 Å². The van der Waals surface area contributed by atoms with Crippen molar-refractivity contribution in [3.63, 3.8) is 0 Å². The third-order valence-electron chi connectivity index (χ3n) is 6.90. The Morgan fingerprint density at radius 2 is 1.73 bits per heavy atom. The number of hydrogen-bond acceptors (Lipinski definition) is 4. The minimum absolute atomic E-state index is 0.103. The summed E-state index contributed by atoms with van der Waals surface area (Å²) >= 11 is 12.6. The highest BCUT2D eigenvalue weighted by atomic mass is 35.5. The van der Waals surface area contributed by atoms with Crippen molar-refractivity contribution in [2.45, 2.75) is 25.3 Å². The molecule has 1 N–H and O–H groups in total. The van der Waals surface area contributed by atoms with E-state index in [4.69, 9.17) is 33.0 Å². The van der Waals surface area contributed by atoms with Crippen LogP contribution in [0.1, 0.15) is 47.1 Å². The van der Waals surface area contributed by atoms with Gasteiger partial charge in [0.2, 0.25) is 0 Å². The van der Waals surface area contributed by atoms with Crippen LogP contribution in [-0.4, -0.2) is 28.7 Å². The summed E-state index contributed by atoms with van der Waals surface area (Å²) in [6.45, 7) is 4.03. The molecule has 1 aromatic heterocycles. The van der Waals surface area contributed by atoms with E-state index in [1.165, 1.54) is 4.90 Å². The number of hydrogen-bond donors (Lipinski definition) is 1. The van der Waals surface area contributed by atoms with Gasteiger partial charge in [0.15, 0.2) is 11.2 Å². The Labute approximate surface area is 223 Å². The van der Waals surface area contributed by atoms with E-state index in [0.29, 0.717) is 44.0 Å². The Kier molecular flexibility index (Phi) is 5.33. The molecule has 0 radical (unpaired) electrons. The summed E-state index contributed by atoms with van der Waals surface area (Å²) < 4.78 is 7.33. The number of anilines is 2. The van der Waals surface area contributed by atoms with Gasteiger partial charge in [-0.1, -0.05) is 61.3 Å². The molecule has 1 unspecified atom stereocenters. The summed E-state index contributed by atoms with van der Waals surface area (Å²) in [6.07, 6.45) is 0. The topological polar surface area (TPSA) is 76.5 Å². The smallest absolute Gasteiger partial charge is 0.280 e. The summed E-state index contributed by atoms with van der Waals surface area (Å²) in [4.78, 5) is 29.9. The van der Waals surface area contributed by atoms with E-state index in [-0.39, 0.29) is 17.5 Å². The van der Waals surface area contributed by atoms with E-state index in [1.807, 2.05) is 38.1 Å². The van der Waals surface area contributed by atoms with Crippen molar-refractivity contribution in [2.24, 2.45) is 0 Å². The molecule has 2 aliphatic heterocycles. The molecule has 1 atom stereocenters. The predicted octanol–water partition coefficient (Wildman–Crippen LogP) is 6.17. The van der Waals surface area contributed by atoms with Crippen LogP contribution in [0, 0.1) is 0 Å². The number of methoxy groups -OCH3 is 1. The summed E-state index contributed by atoms with van der Waals surface area (Å²) in [5, 5.41) is 8.72. The lowest BCUT2D eigenvalue weighted by atomic mass is 9.81. The Bertz CT molecular complexity index is 1610. The number of nitrogens with zero attached hydrogens (tertiary/aromatic N) is 3. The van der Waals surface area contributed by atoms with Gasteiger partial charge < -0.3 is 10.1 Å². The fraction of sp³-hybridized carbons (Fsp3) is 0.179. The minimum Gasteiger partial charge on any atom is -0.494 e. The Hall–Kier alpha value is -3.81. The van der Waals surface area contributed by atoms with E-state index in [0.717, 1.165) is 5.69 Å². The van der Waals surface area contributed by atoms with Crippen LogP contribution >= 0.6 is 23.2 Å². The maximum absolute atomic E-state index is 14.2. The zero-order valence-electron chi connectivity index (χ0n) is 20.3. The van der Waals surface area contributed by atoms with Crippen molar-refractivity contribution in [2.75, 3.05) is 17.3 Å². The largest absolute Gasteiger partial charge is 0.494 e. The van der Waals surface area contributed by atoms with Crippen LogP contribution in [-0.2, 0) is 10.3 Å². The van der Waals surface area contributed by atoms with Gasteiger partial charge >= 0.3 is 0 Å². The first-order valence-electron chi connectivity index (χ1n) is 11.8. The third-order valence-corrected chi connectivity index (χ3v) is 7.37. The summed E-state index contributed by atoms with van der Waals surface area (Å²) in [6, 6.07) is 19.6. The zero-order valence-corrected chi connectivity index (χ0v) is 21.8. The molecule has 0 fully saturated rings. The van der Waals surface area contributed by atoms with Gasteiger partial charge in [0, 0.05) is 32.5 Å². The van der Waals surface area contributed by atoms with Crippen LogP contribution in [0.4, 0.5) is 11.4 Å². The Morgan fingerprint density at radius 3 is 2.46 bits per heavy atom. The second kappa shape index (κ2) is 8.36. The van der Waals surface area contributed by atoms with E-state index in [1.54, 1.807) is 54.3 Å². The van der Waals surface area contributed by atoms with Crippen LogP contribution in [0.3, 0.4) is 0 Å². The number of rotatable bonds is 4. The molecule has 3 aromatic carbocycles. The summed E-state index contributed by atoms with van der Waals surface area (Å²) in [5.41, 5.74) is 2.30. The van der Waals surface area contributed by atoms with Crippen LogP contribution in [0.2, 0.25) is 10.0 Å². The van der Waals surface area contributed by atoms with Crippen molar-refractivity contribution in [3.8, 4) is 11.4 Å². The summed E-state index contributed by atoms with van der Waals surface area (Å²) in [5.74, 6) is -0.264. The predicted molar refractivity (Wildman–Crippen MR) is 143 cm³/mol. The molecule has 6 rings (SSSR count). The number of para-hydroxylation sites is 2. The summed E-state index contributed by atoms with van der Waals surface area (Å²) in [7, 11) is 1.59. The second-order valence-corrected chi connectivity index (χ2v) is 10.2. The second-order valence-electron chi connectivity index (χ2n) is 9.32. The molecule has 4 aromatic rings. The molecule has 0 aliphatic carbocycles. The highest BCUT2D eigenvalue weighted by Crippen LogP contribution is 2.55. The average molecular weight is 533 g/mol. The number of carbonyl (C=O) groups excluding carboxylic acids is 2. The molecule has 186 valence electrons. The first-order valence-corrected chi connectivity index (χ1v) is 12.5. The highest BCUT2D eigenvalue weighted by Gasteiger charge is 2.64. The normalized spacial score (nSPS) is 17.9. The number of nitrogens with one attached hydrogen (secondary N) is 1. The van der Waals surface area contributed by atoms with Crippen molar-refractivity contribution in [3.05, 3.63) is 99.3 Å². The number of fused-ring (bicyclic) bond motifs is 4. The molecular weight excluding hydrogens is 511 g/mol. The van der Waals surface area contributed by atoms with Crippen molar-refractivity contribution in [1.29, 1.82) is 0 Å². The van der Waals surface area contributed by atoms with Gasteiger partial charge in [-0.05, 0) is 48.4 Å². The number of ether oxygens (including phenoxy) is 1. The molecule has 9 heteroatoms. The standard InChI is InChI=1S/C28H22Cl2N4O3/c1-15(2)25-23-24(32-34(25)21-9-4-5-10-22(21)37-3)26(35)33(18-8-6-7-16(29)13-18)28(23)19-12-11-17(30)14-20(19)31-27(28)36/h4-15H,1-3H3,(H,31,36). The van der Waals surface area contributed by atoms with Crippen LogP contribution < -0.4 is 15.0 Å². The minimum atomic E-state index is -1.50. The van der Waals surface area contributed by atoms with E-state index in [9.17, 15) is 9.59 Å². The lowest BCUT2D eigenvalue weighted by molar-refractivity contribution is -0.119. The molecule has 3 heterocycles.